The van der Waals surface area contributed by atoms with Crippen LogP contribution in [-0.4, -0.2) is 63.3 Å². The van der Waals surface area contributed by atoms with Crippen molar-refractivity contribution >= 4 is 27.5 Å². The molecule has 10 heteroatoms. The largest absolute Gasteiger partial charge is 0.335 e. The van der Waals surface area contributed by atoms with Crippen molar-refractivity contribution in [3.63, 3.8) is 0 Å². The van der Waals surface area contributed by atoms with Gasteiger partial charge in [0.15, 0.2) is 20.8 Å². The number of sulfone groups is 1. The predicted molar refractivity (Wildman–Crippen MR) is 118 cm³/mol. The third-order valence-electron chi connectivity index (χ3n) is 6.12. The quantitative estimate of drug-likeness (QED) is 0.609. The highest BCUT2D eigenvalue weighted by molar-refractivity contribution is 7.99. The van der Waals surface area contributed by atoms with Crippen molar-refractivity contribution in [3.05, 3.63) is 30.1 Å². The second kappa shape index (κ2) is 9.28. The minimum Gasteiger partial charge on any atom is -0.335 e. The van der Waals surface area contributed by atoms with Gasteiger partial charge < -0.3 is 9.47 Å². The highest BCUT2D eigenvalue weighted by Gasteiger charge is 2.38. The molecule has 0 bridgehead atoms. The number of hydrogen-bond acceptors (Lipinski definition) is 6. The molecule has 2 aliphatic rings. The molecule has 1 aromatic heterocycles. The molecule has 2 heterocycles. The second-order valence-corrected chi connectivity index (χ2v) is 11.5. The van der Waals surface area contributed by atoms with Gasteiger partial charge in [-0.25, -0.2) is 12.8 Å². The summed E-state index contributed by atoms with van der Waals surface area (Å²) in [7, 11) is -1.26. The molecule has 168 valence electrons. The number of rotatable bonds is 6. The van der Waals surface area contributed by atoms with Crippen LogP contribution in [0.2, 0.25) is 0 Å². The molecule has 2 aromatic rings. The van der Waals surface area contributed by atoms with E-state index < -0.39 is 9.84 Å². The van der Waals surface area contributed by atoms with Crippen LogP contribution in [0.1, 0.15) is 38.5 Å². The van der Waals surface area contributed by atoms with Crippen LogP contribution in [-0.2, 0) is 21.7 Å². The summed E-state index contributed by atoms with van der Waals surface area (Å²) in [6.45, 7) is 0. The molecule has 7 nitrogen and oxygen atoms in total. The van der Waals surface area contributed by atoms with E-state index in [-0.39, 0.29) is 41.1 Å². The third kappa shape index (κ3) is 5.11. The van der Waals surface area contributed by atoms with Crippen LogP contribution in [0.15, 0.2) is 29.4 Å². The van der Waals surface area contributed by atoms with Crippen LogP contribution in [0.4, 0.5) is 4.39 Å². The van der Waals surface area contributed by atoms with Crippen molar-refractivity contribution < 1.29 is 17.6 Å². The average Bonchev–Trinajstić information content (AvgIpc) is 3.30. The van der Waals surface area contributed by atoms with E-state index in [1.54, 1.807) is 16.7 Å². The first-order valence-electron chi connectivity index (χ1n) is 10.6. The summed E-state index contributed by atoms with van der Waals surface area (Å²) in [5.74, 6) is 0.654. The normalized spacial score (nSPS) is 21.3. The van der Waals surface area contributed by atoms with Crippen LogP contribution >= 0.6 is 11.8 Å². The topological polar surface area (TPSA) is 85.2 Å². The minimum atomic E-state index is -3.07. The van der Waals surface area contributed by atoms with Gasteiger partial charge >= 0.3 is 0 Å². The van der Waals surface area contributed by atoms with Crippen molar-refractivity contribution in [2.75, 3.05) is 17.3 Å². The second-order valence-electron chi connectivity index (χ2n) is 8.31. The number of aromatic nitrogens is 3. The first-order valence-corrected chi connectivity index (χ1v) is 13.4. The molecule has 1 atom stereocenters. The van der Waals surface area contributed by atoms with E-state index in [1.807, 2.05) is 11.9 Å². The summed E-state index contributed by atoms with van der Waals surface area (Å²) in [6, 6.07) is 5.93. The van der Waals surface area contributed by atoms with Gasteiger partial charge in [0, 0.05) is 24.7 Å². The van der Waals surface area contributed by atoms with Gasteiger partial charge in [0.2, 0.25) is 5.91 Å². The van der Waals surface area contributed by atoms with Crippen molar-refractivity contribution in [1.29, 1.82) is 0 Å². The zero-order valence-electron chi connectivity index (χ0n) is 17.5. The molecular weight excluding hydrogens is 439 g/mol. The minimum absolute atomic E-state index is 0.0367. The van der Waals surface area contributed by atoms with E-state index in [4.69, 9.17) is 0 Å². The molecule has 4 rings (SSSR count). The van der Waals surface area contributed by atoms with E-state index in [0.29, 0.717) is 17.4 Å². The number of nitrogens with zero attached hydrogens (tertiary/aromatic N) is 4. The third-order valence-corrected chi connectivity index (χ3v) is 8.88. The first-order chi connectivity index (χ1) is 14.8. The maximum Gasteiger partial charge on any atom is 0.233 e. The maximum absolute atomic E-state index is 13.3. The molecule has 0 N–H and O–H groups in total. The number of halogens is 1. The summed E-state index contributed by atoms with van der Waals surface area (Å²) in [5, 5.41) is 8.98. The molecule has 0 spiro atoms. The first kappa shape index (κ1) is 22.3. The average molecular weight is 467 g/mol. The van der Waals surface area contributed by atoms with E-state index >= 15 is 0 Å². The molecule has 0 radical (unpaired) electrons. The number of benzene rings is 1. The lowest BCUT2D eigenvalue weighted by Crippen LogP contribution is -2.49. The summed E-state index contributed by atoms with van der Waals surface area (Å²) < 4.78 is 39.1. The number of hydrogen-bond donors (Lipinski definition) is 0. The van der Waals surface area contributed by atoms with Gasteiger partial charge in [-0.2, -0.15) is 0 Å². The Balaban J connectivity index is 1.47. The van der Waals surface area contributed by atoms with E-state index in [2.05, 4.69) is 10.2 Å². The van der Waals surface area contributed by atoms with Gasteiger partial charge in [-0.15, -0.1) is 10.2 Å². The smallest absolute Gasteiger partial charge is 0.233 e. The van der Waals surface area contributed by atoms with Gasteiger partial charge in [-0.3, -0.25) is 4.79 Å². The standard InChI is InChI=1S/C21H27FN4O3S2/c1-25-20(15-7-9-16(22)10-8-15)23-24-21(25)30-13-19(27)26(17-5-3-2-4-6-17)18-11-12-31(28,29)14-18/h7-10,17-18H,2-6,11-14H2,1H3. The van der Waals surface area contributed by atoms with Crippen molar-refractivity contribution in [3.8, 4) is 11.4 Å². The summed E-state index contributed by atoms with van der Waals surface area (Å²) in [5.41, 5.74) is 0.745. The summed E-state index contributed by atoms with van der Waals surface area (Å²) in [6.07, 6.45) is 5.71. The molecule has 2 fully saturated rings. The van der Waals surface area contributed by atoms with Gasteiger partial charge in [0.05, 0.1) is 17.3 Å². The number of carbonyl (C=O) groups is 1. The van der Waals surface area contributed by atoms with Crippen molar-refractivity contribution in [1.82, 2.24) is 19.7 Å². The molecule has 1 unspecified atom stereocenters. The Morgan fingerprint density at radius 3 is 2.48 bits per heavy atom. The maximum atomic E-state index is 13.3. The predicted octanol–water partition coefficient (Wildman–Crippen LogP) is 3.06. The summed E-state index contributed by atoms with van der Waals surface area (Å²) >= 11 is 1.30. The molecule has 1 amide bonds. The van der Waals surface area contributed by atoms with Gasteiger partial charge in [-0.05, 0) is 43.5 Å². The lowest BCUT2D eigenvalue weighted by molar-refractivity contribution is -0.133. The Kier molecular flexibility index (Phi) is 6.66. The molecule has 1 saturated carbocycles. The highest BCUT2D eigenvalue weighted by Crippen LogP contribution is 2.30. The zero-order valence-corrected chi connectivity index (χ0v) is 19.2. The van der Waals surface area contributed by atoms with Crippen LogP contribution < -0.4 is 0 Å². The van der Waals surface area contributed by atoms with Crippen LogP contribution in [0.25, 0.3) is 11.4 Å². The SMILES string of the molecule is Cn1c(SCC(=O)N(C2CCCCC2)C2CCS(=O)(=O)C2)nnc1-c1ccc(F)cc1. The molecule has 1 saturated heterocycles. The van der Waals surface area contributed by atoms with Crippen LogP contribution in [0, 0.1) is 5.82 Å². The zero-order chi connectivity index (χ0) is 22.0. The van der Waals surface area contributed by atoms with E-state index in [0.717, 1.165) is 31.2 Å². The Hall–Kier alpha value is -1.94. The fraction of sp³-hybridized carbons (Fsp3) is 0.571. The van der Waals surface area contributed by atoms with Gasteiger partial charge in [0.1, 0.15) is 5.82 Å². The lowest BCUT2D eigenvalue weighted by Gasteiger charge is -2.38. The van der Waals surface area contributed by atoms with Gasteiger partial charge in [-0.1, -0.05) is 31.0 Å². The van der Waals surface area contributed by atoms with E-state index in [1.165, 1.54) is 30.3 Å². The van der Waals surface area contributed by atoms with Crippen LogP contribution in [0.3, 0.4) is 0 Å². The highest BCUT2D eigenvalue weighted by atomic mass is 32.2. The molecule has 31 heavy (non-hydrogen) atoms. The monoisotopic (exact) mass is 466 g/mol. The molecular formula is C21H27FN4O3S2. The molecule has 1 aliphatic carbocycles. The Bertz CT molecular complexity index is 1030. The lowest BCUT2D eigenvalue weighted by atomic mass is 9.93. The fourth-order valence-corrected chi connectivity index (χ4v) is 7.04. The summed E-state index contributed by atoms with van der Waals surface area (Å²) in [4.78, 5) is 15.1. The van der Waals surface area contributed by atoms with Crippen molar-refractivity contribution in [2.24, 2.45) is 7.05 Å². The van der Waals surface area contributed by atoms with Crippen molar-refractivity contribution in [2.45, 2.75) is 55.8 Å². The Labute approximate surface area is 186 Å². The number of amides is 1. The Morgan fingerprint density at radius 2 is 1.84 bits per heavy atom. The molecule has 1 aromatic carbocycles. The van der Waals surface area contributed by atoms with E-state index in [9.17, 15) is 17.6 Å². The number of carbonyl (C=O) groups excluding carboxylic acids is 1. The Morgan fingerprint density at radius 1 is 1.13 bits per heavy atom. The number of thioether (sulfide) groups is 1. The van der Waals surface area contributed by atoms with Crippen LogP contribution in [0.5, 0.6) is 0 Å². The molecule has 1 aliphatic heterocycles. The fourth-order valence-electron chi connectivity index (χ4n) is 4.55. The van der Waals surface area contributed by atoms with Gasteiger partial charge in [0.25, 0.3) is 0 Å².